The first kappa shape index (κ1) is 25.8. The minimum absolute atomic E-state index is 0.294. The summed E-state index contributed by atoms with van der Waals surface area (Å²) in [5.41, 5.74) is -0.446. The van der Waals surface area contributed by atoms with Crippen molar-refractivity contribution in [2.24, 2.45) is 0 Å². The van der Waals surface area contributed by atoms with E-state index in [-0.39, 0.29) is 12.1 Å². The van der Waals surface area contributed by atoms with Gasteiger partial charge in [0.1, 0.15) is 11.9 Å². The van der Waals surface area contributed by atoms with Gasteiger partial charge in [0.2, 0.25) is 0 Å². The molecular formula is C25H17Br2F3N2O4. The van der Waals surface area contributed by atoms with Crippen molar-refractivity contribution >= 4 is 55.2 Å². The number of carbonyl (C=O) groups is 2. The highest BCUT2D eigenvalue weighted by Gasteiger charge is 2.42. The molecule has 0 saturated heterocycles. The number of halogens is 5. The van der Waals surface area contributed by atoms with Gasteiger partial charge < -0.3 is 20.0 Å². The zero-order valence-corrected chi connectivity index (χ0v) is 21.4. The number of benzene rings is 3. The minimum atomic E-state index is -4.55. The van der Waals surface area contributed by atoms with Gasteiger partial charge in [-0.25, -0.2) is 9.59 Å². The standard InChI is InChI=1S/C25H17Br2F3N2O4/c26-16-5-9-18(10-6-16)31-13-20(23(33)34)21(24(35)36)32(19-11-7-17(27)8-12-19)22(31)14-1-3-15(4-2-14)25(28,29)30/h1-12,22H,13H2,(H,33,34)(H,35,36). The first-order valence-electron chi connectivity index (χ1n) is 10.4. The summed E-state index contributed by atoms with van der Waals surface area (Å²) in [5.74, 6) is -2.88. The van der Waals surface area contributed by atoms with Gasteiger partial charge in [-0.05, 0) is 66.2 Å². The highest BCUT2D eigenvalue weighted by molar-refractivity contribution is 9.10. The predicted octanol–water partition coefficient (Wildman–Crippen LogP) is 6.68. The lowest BCUT2D eigenvalue weighted by molar-refractivity contribution is -0.137. The van der Waals surface area contributed by atoms with Crippen LogP contribution in [-0.2, 0) is 15.8 Å². The summed E-state index contributed by atoms with van der Waals surface area (Å²) in [5, 5.41) is 20.1. The third kappa shape index (κ3) is 5.12. The summed E-state index contributed by atoms with van der Waals surface area (Å²) in [6.45, 7) is -0.294. The average Bonchev–Trinajstić information content (AvgIpc) is 2.83. The molecular weight excluding hydrogens is 609 g/mol. The Labute approximate surface area is 220 Å². The van der Waals surface area contributed by atoms with Crippen molar-refractivity contribution in [3.63, 3.8) is 0 Å². The van der Waals surface area contributed by atoms with Crippen LogP contribution in [0.15, 0.2) is 93.0 Å². The second kappa shape index (κ2) is 9.98. The molecule has 0 aliphatic carbocycles. The lowest BCUT2D eigenvalue weighted by atomic mass is 9.99. The quantitative estimate of drug-likeness (QED) is 0.329. The summed E-state index contributed by atoms with van der Waals surface area (Å²) in [6, 6.07) is 17.8. The van der Waals surface area contributed by atoms with Gasteiger partial charge in [-0.1, -0.05) is 44.0 Å². The molecule has 1 atom stereocenters. The number of hydrogen-bond donors (Lipinski definition) is 2. The van der Waals surface area contributed by atoms with Crippen molar-refractivity contribution in [2.45, 2.75) is 12.3 Å². The molecule has 1 aliphatic rings. The van der Waals surface area contributed by atoms with Crippen LogP contribution in [0.25, 0.3) is 0 Å². The zero-order chi connectivity index (χ0) is 26.2. The first-order chi connectivity index (χ1) is 17.0. The Morgan fingerprint density at radius 2 is 1.28 bits per heavy atom. The Kier molecular flexibility index (Phi) is 7.14. The minimum Gasteiger partial charge on any atom is -0.478 e. The fourth-order valence-electron chi connectivity index (χ4n) is 4.05. The monoisotopic (exact) mass is 624 g/mol. The average molecular weight is 626 g/mol. The molecule has 1 heterocycles. The third-order valence-electron chi connectivity index (χ3n) is 5.65. The maximum absolute atomic E-state index is 13.2. The van der Waals surface area contributed by atoms with E-state index in [1.807, 2.05) is 0 Å². The maximum Gasteiger partial charge on any atom is 0.416 e. The second-order valence-electron chi connectivity index (χ2n) is 7.88. The van der Waals surface area contributed by atoms with Crippen LogP contribution in [0.2, 0.25) is 0 Å². The Bertz CT molecular complexity index is 1330. The Hall–Kier alpha value is -3.31. The number of carboxylic acid groups (broad SMARTS) is 2. The van der Waals surface area contributed by atoms with Crippen LogP contribution in [0, 0.1) is 0 Å². The molecule has 3 aromatic carbocycles. The molecule has 0 amide bonds. The van der Waals surface area contributed by atoms with Crippen LogP contribution in [0.4, 0.5) is 24.5 Å². The summed E-state index contributed by atoms with van der Waals surface area (Å²) < 4.78 is 41.2. The number of rotatable bonds is 5. The smallest absolute Gasteiger partial charge is 0.416 e. The molecule has 1 unspecified atom stereocenters. The maximum atomic E-state index is 13.2. The number of nitrogens with zero attached hydrogens (tertiary/aromatic N) is 2. The van der Waals surface area contributed by atoms with Crippen molar-refractivity contribution < 1.29 is 33.0 Å². The highest BCUT2D eigenvalue weighted by atomic mass is 79.9. The summed E-state index contributed by atoms with van der Waals surface area (Å²) in [6.07, 6.45) is -5.52. The molecule has 3 aromatic rings. The number of anilines is 2. The molecule has 4 rings (SSSR count). The van der Waals surface area contributed by atoms with Crippen molar-refractivity contribution in [1.29, 1.82) is 0 Å². The Morgan fingerprint density at radius 3 is 1.72 bits per heavy atom. The molecule has 36 heavy (non-hydrogen) atoms. The lowest BCUT2D eigenvalue weighted by Gasteiger charge is -2.46. The van der Waals surface area contributed by atoms with Crippen molar-refractivity contribution in [3.8, 4) is 0 Å². The third-order valence-corrected chi connectivity index (χ3v) is 6.71. The van der Waals surface area contributed by atoms with Crippen LogP contribution >= 0.6 is 31.9 Å². The molecule has 186 valence electrons. The van der Waals surface area contributed by atoms with E-state index in [0.717, 1.165) is 16.6 Å². The summed E-state index contributed by atoms with van der Waals surface area (Å²) in [7, 11) is 0. The molecule has 0 bridgehead atoms. The molecule has 2 N–H and O–H groups in total. The summed E-state index contributed by atoms with van der Waals surface area (Å²) in [4.78, 5) is 27.6. The normalized spacial score (nSPS) is 16.3. The van der Waals surface area contributed by atoms with Gasteiger partial charge in [-0.2, -0.15) is 13.2 Å². The second-order valence-corrected chi connectivity index (χ2v) is 9.71. The number of aliphatic carboxylic acids is 2. The van der Waals surface area contributed by atoms with Crippen molar-refractivity contribution in [1.82, 2.24) is 0 Å². The zero-order valence-electron chi connectivity index (χ0n) is 18.2. The predicted molar refractivity (Wildman–Crippen MR) is 135 cm³/mol. The molecule has 0 saturated carbocycles. The number of alkyl halides is 3. The van der Waals surface area contributed by atoms with Gasteiger partial charge in [0, 0.05) is 20.3 Å². The van der Waals surface area contributed by atoms with E-state index in [1.165, 1.54) is 17.0 Å². The molecule has 6 nitrogen and oxygen atoms in total. The van der Waals surface area contributed by atoms with Gasteiger partial charge in [0.15, 0.2) is 0 Å². The van der Waals surface area contributed by atoms with Crippen LogP contribution in [0.1, 0.15) is 17.3 Å². The summed E-state index contributed by atoms with van der Waals surface area (Å²) >= 11 is 6.68. The van der Waals surface area contributed by atoms with E-state index < -0.39 is 35.5 Å². The van der Waals surface area contributed by atoms with E-state index in [1.54, 1.807) is 53.4 Å². The molecule has 0 spiro atoms. The fraction of sp³-hybridized carbons (Fsp3) is 0.120. The van der Waals surface area contributed by atoms with E-state index in [2.05, 4.69) is 31.9 Å². The van der Waals surface area contributed by atoms with Crippen LogP contribution in [-0.4, -0.2) is 28.7 Å². The molecule has 0 fully saturated rings. The molecule has 11 heteroatoms. The van der Waals surface area contributed by atoms with Gasteiger partial charge in [0.25, 0.3) is 0 Å². The Balaban J connectivity index is 2.00. The first-order valence-corrected chi connectivity index (χ1v) is 12.0. The van der Waals surface area contributed by atoms with Gasteiger partial charge >= 0.3 is 18.1 Å². The van der Waals surface area contributed by atoms with Crippen LogP contribution in [0.5, 0.6) is 0 Å². The van der Waals surface area contributed by atoms with Crippen molar-refractivity contribution in [3.05, 3.63) is 104 Å². The number of carboxylic acids is 2. The largest absolute Gasteiger partial charge is 0.478 e. The van der Waals surface area contributed by atoms with Gasteiger partial charge in [0.05, 0.1) is 17.7 Å². The van der Waals surface area contributed by atoms with Gasteiger partial charge in [-0.3, -0.25) is 0 Å². The highest BCUT2D eigenvalue weighted by Crippen LogP contribution is 2.42. The van der Waals surface area contributed by atoms with E-state index >= 15 is 0 Å². The van der Waals surface area contributed by atoms with E-state index in [0.29, 0.717) is 21.4 Å². The Morgan fingerprint density at radius 1 is 0.778 bits per heavy atom. The van der Waals surface area contributed by atoms with E-state index in [9.17, 15) is 33.0 Å². The lowest BCUT2D eigenvalue weighted by Crippen LogP contribution is -2.50. The van der Waals surface area contributed by atoms with Crippen LogP contribution in [0.3, 0.4) is 0 Å². The van der Waals surface area contributed by atoms with Crippen LogP contribution < -0.4 is 9.80 Å². The molecule has 1 aliphatic heterocycles. The fourth-order valence-corrected chi connectivity index (χ4v) is 4.58. The topological polar surface area (TPSA) is 81.1 Å². The molecule has 0 radical (unpaired) electrons. The number of hydrogen-bond acceptors (Lipinski definition) is 4. The SMILES string of the molecule is O=C(O)C1=C(C(=O)O)N(c2ccc(Br)cc2)C(c2ccc(C(F)(F)F)cc2)N(c2ccc(Br)cc2)C1. The van der Waals surface area contributed by atoms with Gasteiger partial charge in [-0.15, -0.1) is 0 Å². The van der Waals surface area contributed by atoms with Crippen molar-refractivity contribution in [2.75, 3.05) is 16.3 Å². The van der Waals surface area contributed by atoms with E-state index in [4.69, 9.17) is 0 Å². The molecule has 0 aromatic heterocycles.